The van der Waals surface area contributed by atoms with Gasteiger partial charge in [0.05, 0.1) is 6.04 Å². The number of amides is 1. The molecule has 86 valence electrons. The van der Waals surface area contributed by atoms with Crippen molar-refractivity contribution in [3.8, 4) is 0 Å². The van der Waals surface area contributed by atoms with E-state index in [1.54, 1.807) is 0 Å². The number of carbonyl (C=O) groups excluding carboxylic acids is 1. The van der Waals surface area contributed by atoms with E-state index in [1.807, 2.05) is 11.8 Å². The van der Waals surface area contributed by atoms with Crippen molar-refractivity contribution in [2.75, 3.05) is 18.8 Å². The molecule has 0 saturated carbocycles. The second kappa shape index (κ2) is 5.75. The fourth-order valence-corrected chi connectivity index (χ4v) is 3.45. The molecule has 0 aromatic heterocycles. The van der Waals surface area contributed by atoms with Crippen LogP contribution in [0.2, 0.25) is 0 Å². The Morgan fingerprint density at radius 2 is 2.27 bits per heavy atom. The molecule has 1 unspecified atom stereocenters. The summed E-state index contributed by atoms with van der Waals surface area (Å²) in [5.41, 5.74) is 0. The van der Waals surface area contributed by atoms with Gasteiger partial charge in [-0.3, -0.25) is 4.79 Å². The largest absolute Gasteiger partial charge is 0.354 e. The first-order chi connectivity index (χ1) is 7.36. The smallest absolute Gasteiger partial charge is 0.237 e. The number of hydrogen-bond donors (Lipinski definition) is 2. The third kappa shape index (κ3) is 3.38. The molecule has 15 heavy (non-hydrogen) atoms. The van der Waals surface area contributed by atoms with E-state index in [1.165, 1.54) is 25.0 Å². The molecule has 0 radical (unpaired) electrons. The Labute approximate surface area is 95.8 Å². The van der Waals surface area contributed by atoms with Crippen molar-refractivity contribution in [3.05, 3.63) is 0 Å². The van der Waals surface area contributed by atoms with E-state index in [2.05, 4.69) is 10.6 Å². The van der Waals surface area contributed by atoms with Gasteiger partial charge >= 0.3 is 0 Å². The van der Waals surface area contributed by atoms with Gasteiger partial charge in [0.1, 0.15) is 0 Å². The highest BCUT2D eigenvalue weighted by Gasteiger charge is 2.22. The zero-order valence-electron chi connectivity index (χ0n) is 9.13. The van der Waals surface area contributed by atoms with E-state index in [-0.39, 0.29) is 11.9 Å². The van der Waals surface area contributed by atoms with E-state index < -0.39 is 0 Å². The molecule has 0 aromatic carbocycles. The van der Waals surface area contributed by atoms with E-state index in [0.29, 0.717) is 5.25 Å². The number of carbonyl (C=O) groups is 1. The number of thioether (sulfide) groups is 1. The zero-order chi connectivity index (χ0) is 10.5. The predicted octanol–water partition coefficient (Wildman–Crippen LogP) is 1.14. The fraction of sp³-hybridized carbons (Fsp3) is 0.909. The average Bonchev–Trinajstić information content (AvgIpc) is 2.81. The van der Waals surface area contributed by atoms with E-state index in [9.17, 15) is 4.79 Å². The maximum absolute atomic E-state index is 11.7. The lowest BCUT2D eigenvalue weighted by Gasteiger charge is -2.22. The number of rotatable bonds is 3. The van der Waals surface area contributed by atoms with Crippen LogP contribution < -0.4 is 10.6 Å². The Bertz CT molecular complexity index is 211. The van der Waals surface area contributed by atoms with Crippen LogP contribution in [0.5, 0.6) is 0 Å². The number of hydrogen-bond acceptors (Lipinski definition) is 3. The average molecular weight is 228 g/mol. The number of nitrogens with one attached hydrogen (secondary N) is 2. The topological polar surface area (TPSA) is 41.1 Å². The lowest BCUT2D eigenvalue weighted by atomic mass is 10.2. The van der Waals surface area contributed by atoms with Crippen LogP contribution in [-0.4, -0.2) is 36.0 Å². The van der Waals surface area contributed by atoms with Crippen LogP contribution in [0.15, 0.2) is 0 Å². The molecule has 0 aromatic rings. The van der Waals surface area contributed by atoms with Crippen molar-refractivity contribution in [2.24, 2.45) is 0 Å². The molecule has 2 aliphatic rings. The standard InChI is InChI=1S/C11H20N2OS/c14-11(10-5-3-6-12-10)13-8-9-4-1-2-7-15-9/h9-10,12H,1-8H2,(H,13,14)/t9?,10-/m1/s1. The molecule has 2 N–H and O–H groups in total. The monoisotopic (exact) mass is 228 g/mol. The van der Waals surface area contributed by atoms with Crippen molar-refractivity contribution in [1.29, 1.82) is 0 Å². The van der Waals surface area contributed by atoms with Gasteiger partial charge in [0.15, 0.2) is 0 Å². The summed E-state index contributed by atoms with van der Waals surface area (Å²) < 4.78 is 0. The van der Waals surface area contributed by atoms with E-state index >= 15 is 0 Å². The summed E-state index contributed by atoms with van der Waals surface area (Å²) in [7, 11) is 0. The van der Waals surface area contributed by atoms with Gasteiger partial charge in [0.25, 0.3) is 0 Å². The molecule has 0 bridgehead atoms. The zero-order valence-corrected chi connectivity index (χ0v) is 9.94. The molecule has 2 rings (SSSR count). The first kappa shape index (κ1) is 11.3. The van der Waals surface area contributed by atoms with Crippen LogP contribution in [0.4, 0.5) is 0 Å². The molecule has 2 atom stereocenters. The minimum Gasteiger partial charge on any atom is -0.354 e. The van der Waals surface area contributed by atoms with Gasteiger partial charge in [-0.15, -0.1) is 0 Å². The van der Waals surface area contributed by atoms with Gasteiger partial charge in [0.2, 0.25) is 5.91 Å². The lowest BCUT2D eigenvalue weighted by molar-refractivity contribution is -0.122. The summed E-state index contributed by atoms with van der Waals surface area (Å²) in [6.07, 6.45) is 6.08. The molecule has 2 aliphatic heterocycles. The fourth-order valence-electron chi connectivity index (χ4n) is 2.21. The summed E-state index contributed by atoms with van der Waals surface area (Å²) in [6.45, 7) is 1.86. The maximum Gasteiger partial charge on any atom is 0.237 e. The molecule has 0 spiro atoms. The quantitative estimate of drug-likeness (QED) is 0.761. The lowest BCUT2D eigenvalue weighted by Crippen LogP contribution is -2.43. The molecule has 1 amide bonds. The van der Waals surface area contributed by atoms with Crippen molar-refractivity contribution in [1.82, 2.24) is 10.6 Å². The Kier molecular flexibility index (Phi) is 4.32. The predicted molar refractivity (Wildman–Crippen MR) is 64.1 cm³/mol. The highest BCUT2D eigenvalue weighted by molar-refractivity contribution is 7.99. The van der Waals surface area contributed by atoms with Crippen molar-refractivity contribution < 1.29 is 4.79 Å². The minimum atomic E-state index is 0.0820. The van der Waals surface area contributed by atoms with Crippen LogP contribution in [0.3, 0.4) is 0 Å². The molecular weight excluding hydrogens is 208 g/mol. The highest BCUT2D eigenvalue weighted by Crippen LogP contribution is 2.24. The summed E-state index contributed by atoms with van der Waals surface area (Å²) in [5.74, 6) is 1.47. The highest BCUT2D eigenvalue weighted by atomic mass is 32.2. The Morgan fingerprint density at radius 1 is 1.33 bits per heavy atom. The van der Waals surface area contributed by atoms with Crippen molar-refractivity contribution in [2.45, 2.75) is 43.4 Å². The van der Waals surface area contributed by atoms with Crippen LogP contribution in [-0.2, 0) is 4.79 Å². The molecule has 3 nitrogen and oxygen atoms in total. The maximum atomic E-state index is 11.7. The Hall–Kier alpha value is -0.220. The molecule has 2 heterocycles. The van der Waals surface area contributed by atoms with E-state index in [0.717, 1.165) is 25.9 Å². The Balaban J connectivity index is 1.65. The summed E-state index contributed by atoms with van der Waals surface area (Å²) >= 11 is 2.01. The molecule has 2 fully saturated rings. The first-order valence-electron chi connectivity index (χ1n) is 5.99. The summed E-state index contributed by atoms with van der Waals surface area (Å²) in [4.78, 5) is 11.7. The van der Waals surface area contributed by atoms with Crippen molar-refractivity contribution in [3.63, 3.8) is 0 Å². The van der Waals surface area contributed by atoms with Gasteiger partial charge in [-0.05, 0) is 38.0 Å². The SMILES string of the molecule is O=C(NCC1CCCCS1)[C@H]1CCCN1. The second-order valence-electron chi connectivity index (χ2n) is 4.38. The third-order valence-corrected chi connectivity index (χ3v) is 4.55. The molecule has 2 saturated heterocycles. The minimum absolute atomic E-state index is 0.0820. The third-order valence-electron chi connectivity index (χ3n) is 3.15. The summed E-state index contributed by atoms with van der Waals surface area (Å²) in [5, 5.41) is 6.95. The summed E-state index contributed by atoms with van der Waals surface area (Å²) in [6, 6.07) is 0.0820. The molecule has 0 aliphatic carbocycles. The molecular formula is C11H20N2OS. The van der Waals surface area contributed by atoms with Gasteiger partial charge in [0, 0.05) is 11.8 Å². The van der Waals surface area contributed by atoms with Gasteiger partial charge in [-0.2, -0.15) is 11.8 Å². The van der Waals surface area contributed by atoms with E-state index in [4.69, 9.17) is 0 Å². The van der Waals surface area contributed by atoms with Crippen LogP contribution >= 0.6 is 11.8 Å². The van der Waals surface area contributed by atoms with Crippen molar-refractivity contribution >= 4 is 17.7 Å². The van der Waals surface area contributed by atoms with Gasteiger partial charge in [-0.1, -0.05) is 6.42 Å². The normalized spacial score (nSPS) is 31.5. The van der Waals surface area contributed by atoms with Crippen LogP contribution in [0, 0.1) is 0 Å². The van der Waals surface area contributed by atoms with Gasteiger partial charge < -0.3 is 10.6 Å². The van der Waals surface area contributed by atoms with Crippen LogP contribution in [0.25, 0.3) is 0 Å². The Morgan fingerprint density at radius 3 is 2.93 bits per heavy atom. The second-order valence-corrected chi connectivity index (χ2v) is 5.79. The van der Waals surface area contributed by atoms with Crippen LogP contribution in [0.1, 0.15) is 32.1 Å². The molecule has 4 heteroatoms. The first-order valence-corrected chi connectivity index (χ1v) is 7.04. The van der Waals surface area contributed by atoms with Gasteiger partial charge in [-0.25, -0.2) is 0 Å².